The molecule has 9 heteroatoms. The van der Waals surface area contributed by atoms with E-state index < -0.39 is 0 Å². The van der Waals surface area contributed by atoms with Crippen molar-refractivity contribution in [2.45, 2.75) is 26.7 Å². The van der Waals surface area contributed by atoms with E-state index in [0.29, 0.717) is 11.9 Å². The van der Waals surface area contributed by atoms with Crippen LogP contribution >= 0.6 is 0 Å². The highest BCUT2D eigenvalue weighted by Crippen LogP contribution is 2.18. The number of tetrazole rings is 1. The lowest BCUT2D eigenvalue weighted by molar-refractivity contribution is -0.631. The van der Waals surface area contributed by atoms with Crippen LogP contribution in [-0.2, 0) is 13.5 Å². The fourth-order valence-electron chi connectivity index (χ4n) is 2.80. The Morgan fingerprint density at radius 2 is 2.11 bits per heavy atom. The van der Waals surface area contributed by atoms with Crippen LogP contribution in [-0.4, -0.2) is 34.7 Å². The Hall–Kier alpha value is -3.36. The van der Waals surface area contributed by atoms with E-state index in [9.17, 15) is 0 Å². The van der Waals surface area contributed by atoms with Crippen molar-refractivity contribution in [3.05, 3.63) is 48.8 Å². The third-order valence-corrected chi connectivity index (χ3v) is 4.63. The number of aromatic nitrogens is 8. The van der Waals surface area contributed by atoms with Crippen LogP contribution in [0.2, 0.25) is 0 Å². The normalized spacial score (nSPS) is 12.4. The summed E-state index contributed by atoms with van der Waals surface area (Å²) in [5.74, 6) is 2.86. The molecule has 0 unspecified atom stereocenters. The van der Waals surface area contributed by atoms with E-state index in [1.807, 2.05) is 42.2 Å². The van der Waals surface area contributed by atoms with Crippen molar-refractivity contribution in [1.29, 1.82) is 0 Å². The Morgan fingerprint density at radius 3 is 2.89 bits per heavy atom. The number of nitrogens with one attached hydrogen (secondary N) is 1. The minimum Gasteiger partial charge on any atom is -0.309 e. The van der Waals surface area contributed by atoms with Crippen molar-refractivity contribution >= 4 is 11.8 Å². The van der Waals surface area contributed by atoms with Crippen LogP contribution in [0.1, 0.15) is 26.1 Å². The van der Waals surface area contributed by atoms with Gasteiger partial charge in [0, 0.05) is 31.3 Å². The maximum Gasteiger partial charge on any atom is 0.305 e. The first-order valence-corrected chi connectivity index (χ1v) is 8.98. The molecule has 0 bridgehead atoms. The van der Waals surface area contributed by atoms with E-state index in [0.717, 1.165) is 35.7 Å². The highest BCUT2D eigenvalue weighted by atomic mass is 15.6. The number of aryl methyl sites for hydroxylation is 1. The zero-order chi connectivity index (χ0) is 18.8. The van der Waals surface area contributed by atoms with Crippen molar-refractivity contribution in [2.75, 3.05) is 5.32 Å². The Labute approximate surface area is 156 Å². The first-order valence-electron chi connectivity index (χ1n) is 8.98. The van der Waals surface area contributed by atoms with Gasteiger partial charge in [-0.15, -0.1) is 4.52 Å². The molecule has 0 saturated heterocycles. The number of anilines is 2. The summed E-state index contributed by atoms with van der Waals surface area (Å²) in [6.45, 7) is 4.41. The van der Waals surface area contributed by atoms with Crippen LogP contribution in [0.15, 0.2) is 43.0 Å². The second kappa shape index (κ2) is 7.10. The molecule has 9 nitrogen and oxygen atoms in total. The first-order chi connectivity index (χ1) is 13.1. The monoisotopic (exact) mass is 364 g/mol. The van der Waals surface area contributed by atoms with Crippen molar-refractivity contribution in [1.82, 2.24) is 34.7 Å². The molecule has 4 rings (SSSR count). The fourth-order valence-corrected chi connectivity index (χ4v) is 2.80. The standard InChI is InChI=1S/C18H22N9/c1-4-13(2)11-17-23-24-27-12-14(7-10-26(17)27)15-5-8-19-18(21-15)22-16-6-9-20-25(16)3/h5-10,12-13H,4,11H2,1-3H3,(H,19,21,22)/q+1/t13-/m0/s1. The largest absolute Gasteiger partial charge is 0.309 e. The quantitative estimate of drug-likeness (QED) is 0.525. The fraction of sp³-hybridized carbons (Fsp3) is 0.333. The van der Waals surface area contributed by atoms with Gasteiger partial charge in [0.25, 0.3) is 0 Å². The summed E-state index contributed by atoms with van der Waals surface area (Å²) >= 11 is 0. The summed E-state index contributed by atoms with van der Waals surface area (Å²) in [5, 5.41) is 15.9. The van der Waals surface area contributed by atoms with E-state index in [1.165, 1.54) is 0 Å². The Bertz CT molecular complexity index is 1070. The van der Waals surface area contributed by atoms with E-state index in [2.05, 4.69) is 44.5 Å². The molecular formula is C18H22N9+. The average Bonchev–Trinajstić information content (AvgIpc) is 3.28. The SMILES string of the molecule is CC[C@H](C)Cc1nnn2cc(-c3ccnc(Nc4ccnn4C)n3)cc[n+]12. The minimum atomic E-state index is 0.514. The van der Waals surface area contributed by atoms with Crippen LogP contribution in [0.25, 0.3) is 11.3 Å². The molecule has 0 amide bonds. The average molecular weight is 364 g/mol. The lowest BCUT2D eigenvalue weighted by Crippen LogP contribution is -2.33. The van der Waals surface area contributed by atoms with Crippen LogP contribution in [0.4, 0.5) is 11.8 Å². The van der Waals surface area contributed by atoms with E-state index in [1.54, 1.807) is 21.7 Å². The molecule has 0 aliphatic heterocycles. The van der Waals surface area contributed by atoms with Crippen molar-refractivity contribution in [3.8, 4) is 11.3 Å². The first kappa shape index (κ1) is 17.1. The molecule has 27 heavy (non-hydrogen) atoms. The van der Waals surface area contributed by atoms with E-state index >= 15 is 0 Å². The van der Waals surface area contributed by atoms with Gasteiger partial charge >= 0.3 is 5.82 Å². The van der Waals surface area contributed by atoms with Gasteiger partial charge in [-0.2, -0.15) is 5.10 Å². The Kier molecular flexibility index (Phi) is 4.49. The summed E-state index contributed by atoms with van der Waals surface area (Å²) in [6.07, 6.45) is 9.36. The predicted octanol–water partition coefficient (Wildman–Crippen LogP) is 1.84. The molecule has 0 aliphatic rings. The van der Waals surface area contributed by atoms with Crippen LogP contribution in [0.5, 0.6) is 0 Å². The predicted molar refractivity (Wildman–Crippen MR) is 99.3 cm³/mol. The molecule has 0 aliphatic carbocycles. The molecule has 1 atom stereocenters. The lowest BCUT2D eigenvalue weighted by Gasteiger charge is -2.06. The molecule has 0 fully saturated rings. The molecule has 4 heterocycles. The van der Waals surface area contributed by atoms with Gasteiger partial charge in [0.05, 0.1) is 24.3 Å². The summed E-state index contributed by atoms with van der Waals surface area (Å²) in [7, 11) is 1.86. The Morgan fingerprint density at radius 1 is 1.22 bits per heavy atom. The maximum absolute atomic E-state index is 4.60. The van der Waals surface area contributed by atoms with Gasteiger partial charge in [0.2, 0.25) is 5.95 Å². The Balaban J connectivity index is 1.62. The molecule has 0 radical (unpaired) electrons. The lowest BCUT2D eigenvalue weighted by atomic mass is 10.1. The zero-order valence-corrected chi connectivity index (χ0v) is 15.6. The number of hydrogen-bond donors (Lipinski definition) is 1. The van der Waals surface area contributed by atoms with Crippen LogP contribution < -0.4 is 9.83 Å². The van der Waals surface area contributed by atoms with Crippen LogP contribution in [0.3, 0.4) is 0 Å². The van der Waals surface area contributed by atoms with Crippen molar-refractivity contribution in [3.63, 3.8) is 0 Å². The van der Waals surface area contributed by atoms with E-state index in [-0.39, 0.29) is 0 Å². The number of hydrogen-bond acceptors (Lipinski definition) is 6. The highest BCUT2D eigenvalue weighted by Gasteiger charge is 2.18. The number of fused-ring (bicyclic) bond motifs is 1. The second-order valence-electron chi connectivity index (χ2n) is 6.62. The van der Waals surface area contributed by atoms with Gasteiger partial charge in [-0.3, -0.25) is 4.68 Å². The molecule has 0 saturated carbocycles. The summed E-state index contributed by atoms with van der Waals surface area (Å²) in [5.41, 5.74) is 1.74. The zero-order valence-electron chi connectivity index (χ0n) is 15.6. The molecule has 4 aromatic rings. The molecular weight excluding hydrogens is 342 g/mol. The summed E-state index contributed by atoms with van der Waals surface area (Å²) in [6, 6.07) is 5.75. The van der Waals surface area contributed by atoms with Crippen molar-refractivity contribution in [2.24, 2.45) is 13.0 Å². The topological polar surface area (TPSA) is 89.9 Å². The third kappa shape index (κ3) is 3.48. The van der Waals surface area contributed by atoms with Gasteiger partial charge in [0.1, 0.15) is 10.9 Å². The third-order valence-electron chi connectivity index (χ3n) is 4.63. The maximum atomic E-state index is 4.60. The highest BCUT2D eigenvalue weighted by molar-refractivity contribution is 5.59. The van der Waals surface area contributed by atoms with Crippen molar-refractivity contribution < 1.29 is 4.52 Å². The van der Waals surface area contributed by atoms with Gasteiger partial charge < -0.3 is 5.32 Å². The number of nitrogens with zero attached hydrogens (tertiary/aromatic N) is 8. The minimum absolute atomic E-state index is 0.514. The second-order valence-corrected chi connectivity index (χ2v) is 6.62. The van der Waals surface area contributed by atoms with E-state index in [4.69, 9.17) is 0 Å². The van der Waals surface area contributed by atoms with Gasteiger partial charge in [-0.05, 0) is 22.7 Å². The molecule has 0 aromatic carbocycles. The van der Waals surface area contributed by atoms with Gasteiger partial charge in [0.15, 0.2) is 5.21 Å². The molecule has 0 spiro atoms. The van der Waals surface area contributed by atoms with Gasteiger partial charge in [-0.25, -0.2) is 9.97 Å². The summed E-state index contributed by atoms with van der Waals surface area (Å²) in [4.78, 5) is 8.89. The summed E-state index contributed by atoms with van der Waals surface area (Å²) < 4.78 is 5.43. The molecule has 4 aromatic heterocycles. The number of rotatable bonds is 6. The smallest absolute Gasteiger partial charge is 0.305 e. The molecule has 1 N–H and O–H groups in total. The van der Waals surface area contributed by atoms with Gasteiger partial charge in [-0.1, -0.05) is 20.3 Å². The van der Waals surface area contributed by atoms with Crippen LogP contribution in [0, 0.1) is 5.92 Å². The molecule has 138 valence electrons.